The Morgan fingerprint density at radius 3 is 2.39 bits per heavy atom. The maximum Gasteiger partial charge on any atom is 0.0703 e. The van der Waals surface area contributed by atoms with Crippen LogP contribution < -0.4 is 5.73 Å². The molecule has 1 atom stereocenters. The van der Waals surface area contributed by atoms with E-state index in [0.29, 0.717) is 6.10 Å². The second kappa shape index (κ2) is 6.88. The van der Waals surface area contributed by atoms with Gasteiger partial charge in [0.05, 0.1) is 6.10 Å². The molecule has 2 N–H and O–H groups in total. The largest absolute Gasteiger partial charge is 0.377 e. The highest BCUT2D eigenvalue weighted by Gasteiger charge is 2.36. The Balaban J connectivity index is 2.01. The molecule has 0 aromatic rings. The van der Waals surface area contributed by atoms with Crippen LogP contribution in [0.15, 0.2) is 0 Å². The molecule has 1 unspecified atom stereocenters. The van der Waals surface area contributed by atoms with E-state index in [9.17, 15) is 0 Å². The van der Waals surface area contributed by atoms with E-state index in [4.69, 9.17) is 10.5 Å². The summed E-state index contributed by atoms with van der Waals surface area (Å²) < 4.78 is 5.81. The van der Waals surface area contributed by atoms with Crippen LogP contribution in [0.2, 0.25) is 0 Å². The summed E-state index contributed by atoms with van der Waals surface area (Å²) in [6.07, 6.45) is 11.0. The Kier molecular flexibility index (Phi) is 5.46. The first-order valence-corrected chi connectivity index (χ1v) is 7.87. The van der Waals surface area contributed by atoms with Crippen LogP contribution in [0.3, 0.4) is 0 Å². The maximum atomic E-state index is 6.18. The van der Waals surface area contributed by atoms with Crippen molar-refractivity contribution >= 4 is 0 Å². The quantitative estimate of drug-likeness (QED) is 0.766. The van der Waals surface area contributed by atoms with Crippen molar-refractivity contribution in [2.75, 3.05) is 26.2 Å². The highest BCUT2D eigenvalue weighted by molar-refractivity contribution is 4.94. The van der Waals surface area contributed by atoms with Crippen LogP contribution in [0.25, 0.3) is 0 Å². The third-order valence-electron chi connectivity index (χ3n) is 4.91. The van der Waals surface area contributed by atoms with E-state index in [1.807, 2.05) is 0 Å². The van der Waals surface area contributed by atoms with E-state index in [2.05, 4.69) is 11.8 Å². The molecule has 1 saturated heterocycles. The number of hydrogen-bond acceptors (Lipinski definition) is 3. The van der Waals surface area contributed by atoms with Gasteiger partial charge in [0, 0.05) is 25.2 Å². The van der Waals surface area contributed by atoms with E-state index in [1.54, 1.807) is 0 Å². The number of hydrogen-bond donors (Lipinski definition) is 1. The second-order valence-electron chi connectivity index (χ2n) is 6.02. The molecule has 1 aliphatic carbocycles. The average Bonchev–Trinajstić information content (AvgIpc) is 2.79. The smallest absolute Gasteiger partial charge is 0.0703 e. The summed E-state index contributed by atoms with van der Waals surface area (Å²) in [7, 11) is 0. The lowest BCUT2D eigenvalue weighted by Crippen LogP contribution is -2.55. The Hall–Kier alpha value is -0.120. The number of ether oxygens (including phenoxy) is 1. The van der Waals surface area contributed by atoms with Crippen LogP contribution in [0.1, 0.15) is 58.3 Å². The molecule has 106 valence electrons. The first-order valence-electron chi connectivity index (χ1n) is 7.87. The molecule has 0 aromatic heterocycles. The lowest BCUT2D eigenvalue weighted by atomic mass is 9.87. The highest BCUT2D eigenvalue weighted by atomic mass is 16.5. The van der Waals surface area contributed by atoms with Gasteiger partial charge in [-0.15, -0.1) is 0 Å². The fourth-order valence-electron chi connectivity index (χ4n) is 3.73. The van der Waals surface area contributed by atoms with Crippen molar-refractivity contribution in [3.05, 3.63) is 0 Å². The van der Waals surface area contributed by atoms with E-state index in [1.165, 1.54) is 51.4 Å². The van der Waals surface area contributed by atoms with Crippen LogP contribution >= 0.6 is 0 Å². The van der Waals surface area contributed by atoms with E-state index in [0.717, 1.165) is 26.2 Å². The molecule has 3 nitrogen and oxygen atoms in total. The average molecular weight is 254 g/mol. The van der Waals surface area contributed by atoms with Gasteiger partial charge in [0.2, 0.25) is 0 Å². The zero-order chi connectivity index (χ0) is 12.8. The number of likely N-dealkylation sites (N-methyl/N-ethyl adjacent to an activating group) is 1. The van der Waals surface area contributed by atoms with Crippen LogP contribution in [0.5, 0.6) is 0 Å². The Bertz CT molecular complexity index is 231. The topological polar surface area (TPSA) is 38.5 Å². The highest BCUT2D eigenvalue weighted by Crippen LogP contribution is 2.32. The van der Waals surface area contributed by atoms with Gasteiger partial charge in [-0.3, -0.25) is 4.90 Å². The van der Waals surface area contributed by atoms with Gasteiger partial charge >= 0.3 is 0 Å². The Morgan fingerprint density at radius 2 is 1.89 bits per heavy atom. The molecule has 1 saturated carbocycles. The van der Waals surface area contributed by atoms with Crippen LogP contribution in [-0.2, 0) is 4.74 Å². The van der Waals surface area contributed by atoms with Crippen LogP contribution in [0.4, 0.5) is 0 Å². The molecule has 3 heteroatoms. The Morgan fingerprint density at radius 1 is 1.17 bits per heavy atom. The minimum absolute atomic E-state index is 0.261. The fourth-order valence-corrected chi connectivity index (χ4v) is 3.73. The van der Waals surface area contributed by atoms with Crippen molar-refractivity contribution in [3.63, 3.8) is 0 Å². The van der Waals surface area contributed by atoms with Gasteiger partial charge in [-0.2, -0.15) is 0 Å². The van der Waals surface area contributed by atoms with E-state index >= 15 is 0 Å². The van der Waals surface area contributed by atoms with E-state index < -0.39 is 0 Å². The summed E-state index contributed by atoms with van der Waals surface area (Å²) >= 11 is 0. The van der Waals surface area contributed by atoms with Crippen molar-refractivity contribution in [1.82, 2.24) is 4.90 Å². The molecule has 18 heavy (non-hydrogen) atoms. The summed E-state index contributed by atoms with van der Waals surface area (Å²) in [6.45, 7) is 6.24. The zero-order valence-corrected chi connectivity index (χ0v) is 12.0. The summed E-state index contributed by atoms with van der Waals surface area (Å²) in [5, 5.41) is 0. The molecule has 0 amide bonds. The third-order valence-corrected chi connectivity index (χ3v) is 4.91. The van der Waals surface area contributed by atoms with E-state index in [-0.39, 0.29) is 5.54 Å². The molecule has 2 rings (SSSR count). The van der Waals surface area contributed by atoms with Crippen molar-refractivity contribution in [2.24, 2.45) is 5.73 Å². The molecule has 0 radical (unpaired) electrons. The standard InChI is InChI=1S/C15H30N2O/c1-2-17(12-14-8-7-11-18-14)15(13-16)9-5-3-4-6-10-15/h14H,2-13,16H2,1H3. The summed E-state index contributed by atoms with van der Waals surface area (Å²) in [5.74, 6) is 0. The number of nitrogens with two attached hydrogens (primary N) is 1. The van der Waals surface area contributed by atoms with Gasteiger partial charge in [0.15, 0.2) is 0 Å². The number of rotatable bonds is 5. The summed E-state index contributed by atoms with van der Waals surface area (Å²) in [4.78, 5) is 2.63. The van der Waals surface area contributed by atoms with Crippen LogP contribution in [0, 0.1) is 0 Å². The molecule has 2 fully saturated rings. The first kappa shape index (κ1) is 14.3. The predicted octanol–water partition coefficient (Wildman–Crippen LogP) is 2.54. The molecule has 0 spiro atoms. The van der Waals surface area contributed by atoms with Crippen molar-refractivity contribution in [2.45, 2.75) is 69.9 Å². The number of nitrogens with zero attached hydrogens (tertiary/aromatic N) is 1. The molecular formula is C15H30N2O. The van der Waals surface area contributed by atoms with Crippen molar-refractivity contribution in [3.8, 4) is 0 Å². The van der Waals surface area contributed by atoms with Gasteiger partial charge in [0.1, 0.15) is 0 Å². The van der Waals surface area contributed by atoms with Gasteiger partial charge in [-0.1, -0.05) is 32.6 Å². The van der Waals surface area contributed by atoms with Gasteiger partial charge in [-0.25, -0.2) is 0 Å². The fraction of sp³-hybridized carbons (Fsp3) is 1.00. The van der Waals surface area contributed by atoms with Crippen LogP contribution in [-0.4, -0.2) is 42.8 Å². The summed E-state index contributed by atoms with van der Waals surface area (Å²) in [6, 6.07) is 0. The molecule has 2 aliphatic rings. The summed E-state index contributed by atoms with van der Waals surface area (Å²) in [5.41, 5.74) is 6.44. The van der Waals surface area contributed by atoms with Gasteiger partial charge in [0.25, 0.3) is 0 Å². The third kappa shape index (κ3) is 3.25. The SMILES string of the molecule is CCN(CC1CCCO1)C1(CN)CCCCCC1. The van der Waals surface area contributed by atoms with Crippen molar-refractivity contribution in [1.29, 1.82) is 0 Å². The second-order valence-corrected chi connectivity index (χ2v) is 6.02. The minimum atomic E-state index is 0.261. The monoisotopic (exact) mass is 254 g/mol. The van der Waals surface area contributed by atoms with Crippen molar-refractivity contribution < 1.29 is 4.74 Å². The molecule has 1 aliphatic heterocycles. The predicted molar refractivity (Wildman–Crippen MR) is 75.7 cm³/mol. The van der Waals surface area contributed by atoms with Gasteiger partial charge in [-0.05, 0) is 32.2 Å². The molecule has 0 bridgehead atoms. The first-order chi connectivity index (χ1) is 8.80. The zero-order valence-electron chi connectivity index (χ0n) is 12.0. The minimum Gasteiger partial charge on any atom is -0.377 e. The normalized spacial score (nSPS) is 28.5. The molecule has 1 heterocycles. The lowest BCUT2D eigenvalue weighted by molar-refractivity contribution is 0.0169. The van der Waals surface area contributed by atoms with Gasteiger partial charge < -0.3 is 10.5 Å². The molecular weight excluding hydrogens is 224 g/mol. The molecule has 0 aromatic carbocycles. The Labute approximate surface area is 112 Å². The lowest BCUT2D eigenvalue weighted by Gasteiger charge is -2.43. The maximum absolute atomic E-state index is 6.18.